The molecule has 0 heterocycles. The molecule has 0 fully saturated rings. The predicted octanol–water partition coefficient (Wildman–Crippen LogP) is 2.73. The zero-order valence-electron chi connectivity index (χ0n) is 5.87. The van der Waals surface area contributed by atoms with E-state index in [0.717, 1.165) is 6.42 Å². The van der Waals surface area contributed by atoms with Crippen molar-refractivity contribution in [1.82, 2.24) is 0 Å². The van der Waals surface area contributed by atoms with Crippen LogP contribution in [-0.2, 0) is 0 Å². The Morgan fingerprint density at radius 1 is 1.11 bits per heavy atom. The minimum atomic E-state index is -0.270. The average molecular weight is 136 g/mol. The zero-order chi connectivity index (χ0) is 7.11. The van der Waals surface area contributed by atoms with E-state index in [1.165, 1.54) is 0 Å². The Hall–Kier alpha value is -0.140. The molecule has 0 aliphatic rings. The Morgan fingerprint density at radius 3 is 2.22 bits per heavy atom. The van der Waals surface area contributed by atoms with Gasteiger partial charge >= 0.3 is 0 Å². The van der Waals surface area contributed by atoms with Gasteiger partial charge in [-0.15, -0.1) is 0 Å². The Labute approximate surface area is 55.3 Å². The topological polar surface area (TPSA) is 0 Å². The zero-order valence-corrected chi connectivity index (χ0v) is 5.87. The first-order chi connectivity index (χ1) is 4.31. The highest BCUT2D eigenvalue weighted by Crippen LogP contribution is 2.09. The fourth-order valence-corrected chi connectivity index (χ4v) is 0.756. The van der Waals surface area contributed by atoms with Crippen molar-refractivity contribution >= 4 is 0 Å². The molecular formula is C7H14F2. The molecule has 56 valence electrons. The molecular weight excluding hydrogens is 122 g/mol. The second kappa shape index (κ2) is 5.99. The first-order valence-corrected chi connectivity index (χ1v) is 3.43. The van der Waals surface area contributed by atoms with Gasteiger partial charge in [-0.25, -0.2) is 0 Å². The summed E-state index contributed by atoms with van der Waals surface area (Å²) >= 11 is 0. The number of hydrogen-bond donors (Lipinski definition) is 0. The Balaban J connectivity index is 2.95. The summed E-state index contributed by atoms with van der Waals surface area (Å²) in [7, 11) is 0. The monoisotopic (exact) mass is 136 g/mol. The lowest BCUT2D eigenvalue weighted by Gasteiger charge is -2.05. The summed E-state index contributed by atoms with van der Waals surface area (Å²) in [6.45, 7) is 1.42. The summed E-state index contributed by atoms with van der Waals surface area (Å²) < 4.78 is 23.1. The van der Waals surface area contributed by atoms with E-state index in [9.17, 15) is 8.78 Å². The Morgan fingerprint density at radius 2 is 1.78 bits per heavy atom. The van der Waals surface area contributed by atoms with Crippen LogP contribution in [0, 0.1) is 5.92 Å². The quantitative estimate of drug-likeness (QED) is 0.545. The first-order valence-electron chi connectivity index (χ1n) is 3.43. The Bertz CT molecular complexity index is 54.9. The normalized spacial score (nSPS) is 13.7. The molecule has 0 bridgehead atoms. The average Bonchev–Trinajstić information content (AvgIpc) is 1.85. The maximum Gasteiger partial charge on any atom is 0.0897 e. The van der Waals surface area contributed by atoms with Gasteiger partial charge in [-0.3, -0.25) is 8.78 Å². The van der Waals surface area contributed by atoms with Crippen LogP contribution in [-0.4, -0.2) is 13.3 Å². The van der Waals surface area contributed by atoms with Gasteiger partial charge in [0.1, 0.15) is 0 Å². The van der Waals surface area contributed by atoms with E-state index in [2.05, 4.69) is 0 Å². The highest BCUT2D eigenvalue weighted by atomic mass is 19.1. The molecule has 2 heteroatoms. The smallest absolute Gasteiger partial charge is 0.0897 e. The van der Waals surface area contributed by atoms with E-state index in [1.807, 2.05) is 6.92 Å². The number of hydrogen-bond acceptors (Lipinski definition) is 0. The van der Waals surface area contributed by atoms with Crippen LogP contribution in [0.1, 0.15) is 26.2 Å². The lowest BCUT2D eigenvalue weighted by molar-refractivity contribution is 0.362. The second-order valence-electron chi connectivity index (χ2n) is 2.41. The van der Waals surface area contributed by atoms with Gasteiger partial charge in [-0.1, -0.05) is 6.92 Å². The molecule has 0 aliphatic carbocycles. The van der Waals surface area contributed by atoms with Crippen LogP contribution in [0.5, 0.6) is 0 Å². The number of halogens is 2. The Kier molecular flexibility index (Phi) is 5.89. The molecule has 1 unspecified atom stereocenters. The molecule has 0 nitrogen and oxygen atoms in total. The second-order valence-corrected chi connectivity index (χ2v) is 2.41. The largest absolute Gasteiger partial charge is 0.251 e. The third-order valence-corrected chi connectivity index (χ3v) is 1.43. The first kappa shape index (κ1) is 8.86. The maximum absolute atomic E-state index is 11.6. The molecule has 0 N–H and O–H groups in total. The highest BCUT2D eigenvalue weighted by Gasteiger charge is 1.99. The minimum Gasteiger partial charge on any atom is -0.251 e. The summed E-state index contributed by atoms with van der Waals surface area (Å²) in [4.78, 5) is 0. The predicted molar refractivity (Wildman–Crippen MR) is 35.0 cm³/mol. The lowest BCUT2D eigenvalue weighted by atomic mass is 10.0. The van der Waals surface area contributed by atoms with Gasteiger partial charge in [0.15, 0.2) is 0 Å². The van der Waals surface area contributed by atoms with Gasteiger partial charge < -0.3 is 0 Å². The van der Waals surface area contributed by atoms with E-state index in [4.69, 9.17) is 0 Å². The van der Waals surface area contributed by atoms with Crippen molar-refractivity contribution < 1.29 is 8.78 Å². The van der Waals surface area contributed by atoms with E-state index in [1.54, 1.807) is 0 Å². The van der Waals surface area contributed by atoms with Crippen LogP contribution >= 0.6 is 0 Å². The van der Waals surface area contributed by atoms with Crippen LogP contribution < -0.4 is 0 Å². The van der Waals surface area contributed by atoms with E-state index in [-0.39, 0.29) is 13.3 Å². The molecule has 0 saturated carbocycles. The van der Waals surface area contributed by atoms with Crippen molar-refractivity contribution in [3.05, 3.63) is 0 Å². The summed E-state index contributed by atoms with van der Waals surface area (Å²) in [5, 5.41) is 0. The van der Waals surface area contributed by atoms with Crippen molar-refractivity contribution in [1.29, 1.82) is 0 Å². The molecule has 0 aromatic rings. The third-order valence-electron chi connectivity index (χ3n) is 1.43. The molecule has 0 radical (unpaired) electrons. The van der Waals surface area contributed by atoms with Gasteiger partial charge in [-0.05, 0) is 25.2 Å². The molecule has 0 saturated heterocycles. The lowest BCUT2D eigenvalue weighted by Crippen LogP contribution is -1.95. The van der Waals surface area contributed by atoms with Gasteiger partial charge in [0.05, 0.1) is 13.3 Å². The molecule has 0 spiro atoms. The molecule has 1 atom stereocenters. The van der Waals surface area contributed by atoms with Crippen LogP contribution in [0.25, 0.3) is 0 Å². The van der Waals surface area contributed by atoms with E-state index < -0.39 is 0 Å². The number of alkyl halides is 2. The molecule has 0 amide bonds. The minimum absolute atomic E-state index is 0.267. The van der Waals surface area contributed by atoms with Crippen LogP contribution in [0.2, 0.25) is 0 Å². The molecule has 0 aliphatic heterocycles. The summed E-state index contributed by atoms with van der Waals surface area (Å²) in [5.41, 5.74) is 0. The SMILES string of the molecule is CC(CCF)CCCF. The summed E-state index contributed by atoms with van der Waals surface area (Å²) in [5.74, 6) is 0.353. The van der Waals surface area contributed by atoms with Crippen molar-refractivity contribution in [3.8, 4) is 0 Å². The highest BCUT2D eigenvalue weighted by molar-refractivity contribution is 4.51. The van der Waals surface area contributed by atoms with Gasteiger partial charge in [-0.2, -0.15) is 0 Å². The van der Waals surface area contributed by atoms with Gasteiger partial charge in [0.25, 0.3) is 0 Å². The van der Waals surface area contributed by atoms with E-state index >= 15 is 0 Å². The summed E-state index contributed by atoms with van der Waals surface area (Å²) in [6.07, 6.45) is 1.99. The molecule has 0 rings (SSSR count). The summed E-state index contributed by atoms with van der Waals surface area (Å²) in [6, 6.07) is 0. The molecule has 0 aromatic heterocycles. The number of rotatable bonds is 5. The van der Waals surface area contributed by atoms with Crippen molar-refractivity contribution in [2.24, 2.45) is 5.92 Å². The van der Waals surface area contributed by atoms with Crippen molar-refractivity contribution in [2.45, 2.75) is 26.2 Å². The van der Waals surface area contributed by atoms with Gasteiger partial charge in [0, 0.05) is 0 Å². The van der Waals surface area contributed by atoms with Crippen molar-refractivity contribution in [3.63, 3.8) is 0 Å². The van der Waals surface area contributed by atoms with Crippen LogP contribution in [0.3, 0.4) is 0 Å². The molecule has 0 aromatic carbocycles. The van der Waals surface area contributed by atoms with Crippen LogP contribution in [0.15, 0.2) is 0 Å². The van der Waals surface area contributed by atoms with Crippen LogP contribution in [0.4, 0.5) is 8.78 Å². The molecule has 9 heavy (non-hydrogen) atoms. The standard InChI is InChI=1S/C7H14F2/c1-7(4-6-9)3-2-5-8/h7H,2-6H2,1H3. The fourth-order valence-electron chi connectivity index (χ4n) is 0.756. The third kappa shape index (κ3) is 5.74. The maximum atomic E-state index is 11.6. The van der Waals surface area contributed by atoms with Crippen molar-refractivity contribution in [2.75, 3.05) is 13.3 Å². The fraction of sp³-hybridized carbons (Fsp3) is 1.00. The van der Waals surface area contributed by atoms with E-state index in [0.29, 0.717) is 18.8 Å². The van der Waals surface area contributed by atoms with Gasteiger partial charge in [0.2, 0.25) is 0 Å².